The van der Waals surface area contributed by atoms with Crippen LogP contribution in [0.1, 0.15) is 39.7 Å². The van der Waals surface area contributed by atoms with Crippen molar-refractivity contribution >= 4 is 45.9 Å². The molecule has 0 fully saturated rings. The van der Waals surface area contributed by atoms with E-state index in [9.17, 15) is 14.9 Å². The first-order valence-corrected chi connectivity index (χ1v) is 11.7. The number of esters is 1. The fourth-order valence-corrected chi connectivity index (χ4v) is 4.49. The minimum atomic E-state index is -0.609. The Morgan fingerprint density at radius 3 is 2.68 bits per heavy atom. The molecule has 1 heterocycles. The van der Waals surface area contributed by atoms with Gasteiger partial charge in [0.15, 0.2) is 0 Å². The summed E-state index contributed by atoms with van der Waals surface area (Å²) in [7, 11) is 1.28. The molecular weight excluding hydrogens is 472 g/mol. The van der Waals surface area contributed by atoms with E-state index in [4.69, 9.17) is 21.1 Å². The Bertz CT molecular complexity index is 1260. The molecule has 0 unspecified atom stereocenters. The third-order valence-electron chi connectivity index (χ3n) is 4.74. The third-order valence-corrected chi connectivity index (χ3v) is 6.09. The molecule has 0 aliphatic carbocycles. The van der Waals surface area contributed by atoms with Crippen molar-refractivity contribution in [3.8, 4) is 11.8 Å². The van der Waals surface area contributed by atoms with Gasteiger partial charge >= 0.3 is 5.97 Å². The molecule has 6 nitrogen and oxygen atoms in total. The SMILES string of the molecule is CCCc1cc(C(=O)OC)c(NC(=O)/C(C#N)=C/c2cccc(OCc3cccc(Cl)c3)c2)s1. The number of nitrogens with zero attached hydrogens (tertiary/aromatic N) is 1. The highest BCUT2D eigenvalue weighted by atomic mass is 35.5. The topological polar surface area (TPSA) is 88.4 Å². The summed E-state index contributed by atoms with van der Waals surface area (Å²) in [6.45, 7) is 2.35. The number of methoxy groups -OCH3 is 1. The second-order valence-electron chi connectivity index (χ2n) is 7.31. The van der Waals surface area contributed by atoms with Gasteiger partial charge in [-0.1, -0.05) is 49.2 Å². The van der Waals surface area contributed by atoms with E-state index in [0.29, 0.717) is 27.9 Å². The lowest BCUT2D eigenvalue weighted by atomic mass is 10.1. The number of hydrogen-bond donors (Lipinski definition) is 1. The van der Waals surface area contributed by atoms with Crippen LogP contribution < -0.4 is 10.1 Å². The lowest BCUT2D eigenvalue weighted by molar-refractivity contribution is -0.112. The summed E-state index contributed by atoms with van der Waals surface area (Å²) in [5.41, 5.74) is 1.72. The Morgan fingerprint density at radius 2 is 1.97 bits per heavy atom. The van der Waals surface area contributed by atoms with Gasteiger partial charge in [0.1, 0.15) is 29.0 Å². The van der Waals surface area contributed by atoms with Crippen LogP contribution in [-0.2, 0) is 22.6 Å². The molecule has 1 aromatic heterocycles. The van der Waals surface area contributed by atoms with E-state index in [-0.39, 0.29) is 11.1 Å². The molecule has 0 saturated heterocycles. The minimum absolute atomic E-state index is 0.103. The van der Waals surface area contributed by atoms with Gasteiger partial charge < -0.3 is 14.8 Å². The number of aryl methyl sites for hydroxylation is 1. The molecule has 0 aliphatic heterocycles. The van der Waals surface area contributed by atoms with Crippen LogP contribution in [0, 0.1) is 11.3 Å². The summed E-state index contributed by atoms with van der Waals surface area (Å²) >= 11 is 7.31. The third kappa shape index (κ3) is 6.70. The van der Waals surface area contributed by atoms with Crippen molar-refractivity contribution in [1.29, 1.82) is 5.26 Å². The lowest BCUT2D eigenvalue weighted by Gasteiger charge is -2.08. The highest BCUT2D eigenvalue weighted by Gasteiger charge is 2.20. The largest absolute Gasteiger partial charge is 0.489 e. The number of halogens is 1. The normalized spacial score (nSPS) is 10.9. The smallest absolute Gasteiger partial charge is 0.340 e. The molecule has 0 bridgehead atoms. The number of rotatable bonds is 9. The Labute approximate surface area is 207 Å². The maximum Gasteiger partial charge on any atom is 0.340 e. The molecule has 0 atom stereocenters. The van der Waals surface area contributed by atoms with E-state index in [1.165, 1.54) is 24.5 Å². The molecule has 3 rings (SSSR count). The summed E-state index contributed by atoms with van der Waals surface area (Å²) in [4.78, 5) is 25.9. The monoisotopic (exact) mass is 494 g/mol. The second-order valence-corrected chi connectivity index (χ2v) is 8.89. The summed E-state index contributed by atoms with van der Waals surface area (Å²) in [5.74, 6) is -0.564. The first kappa shape index (κ1) is 25.0. The fraction of sp³-hybridized carbons (Fsp3) is 0.192. The average molecular weight is 495 g/mol. The number of nitriles is 1. The van der Waals surface area contributed by atoms with E-state index in [0.717, 1.165) is 23.3 Å². The first-order valence-electron chi connectivity index (χ1n) is 10.5. The quantitative estimate of drug-likeness (QED) is 0.215. The van der Waals surface area contributed by atoms with Gasteiger partial charge in [-0.25, -0.2) is 4.79 Å². The predicted octanol–water partition coefficient (Wildman–Crippen LogP) is 6.27. The van der Waals surface area contributed by atoms with Crippen molar-refractivity contribution in [2.24, 2.45) is 0 Å². The Morgan fingerprint density at radius 1 is 1.18 bits per heavy atom. The van der Waals surface area contributed by atoms with E-state index >= 15 is 0 Å². The van der Waals surface area contributed by atoms with Crippen molar-refractivity contribution in [2.45, 2.75) is 26.4 Å². The molecule has 34 heavy (non-hydrogen) atoms. The van der Waals surface area contributed by atoms with Crippen LogP contribution in [0.25, 0.3) is 6.08 Å². The van der Waals surface area contributed by atoms with Crippen LogP contribution in [-0.4, -0.2) is 19.0 Å². The number of amides is 1. The van der Waals surface area contributed by atoms with Crippen molar-refractivity contribution in [2.75, 3.05) is 12.4 Å². The molecule has 2 aromatic carbocycles. The lowest BCUT2D eigenvalue weighted by Crippen LogP contribution is -2.15. The van der Waals surface area contributed by atoms with E-state index < -0.39 is 11.9 Å². The number of carbonyl (C=O) groups excluding carboxylic acids is 2. The van der Waals surface area contributed by atoms with Gasteiger partial charge in [-0.2, -0.15) is 5.26 Å². The molecule has 0 aliphatic rings. The molecule has 0 saturated carbocycles. The van der Waals surface area contributed by atoms with Crippen molar-refractivity contribution in [3.63, 3.8) is 0 Å². The molecule has 8 heteroatoms. The molecule has 0 spiro atoms. The maximum atomic E-state index is 12.8. The first-order chi connectivity index (χ1) is 16.4. The van der Waals surface area contributed by atoms with Gasteiger partial charge in [-0.05, 0) is 54.0 Å². The van der Waals surface area contributed by atoms with Crippen LogP contribution in [0.3, 0.4) is 0 Å². The number of carbonyl (C=O) groups is 2. The van der Waals surface area contributed by atoms with Crippen molar-refractivity contribution in [3.05, 3.63) is 86.8 Å². The number of nitrogens with one attached hydrogen (secondary N) is 1. The second kappa shape index (κ2) is 12.0. The standard InChI is InChI=1S/C26H23ClN2O4S/c1-3-6-22-14-23(26(31)32-2)25(34-22)29-24(30)19(15-28)11-17-7-5-10-21(13-17)33-16-18-8-4-9-20(27)12-18/h4-5,7-14H,3,6,16H2,1-2H3,(H,29,30)/b19-11+. The van der Waals surface area contributed by atoms with Crippen LogP contribution in [0.5, 0.6) is 5.75 Å². The molecule has 1 N–H and O–H groups in total. The van der Waals surface area contributed by atoms with Gasteiger partial charge in [0, 0.05) is 9.90 Å². The van der Waals surface area contributed by atoms with E-state index in [2.05, 4.69) is 5.32 Å². The Balaban J connectivity index is 1.76. The Kier molecular flexibility index (Phi) is 8.86. The van der Waals surface area contributed by atoms with Gasteiger partial charge in [-0.15, -0.1) is 11.3 Å². The molecule has 3 aromatic rings. The van der Waals surface area contributed by atoms with Gasteiger partial charge in [0.05, 0.1) is 12.7 Å². The number of ether oxygens (including phenoxy) is 2. The van der Waals surface area contributed by atoms with E-state index in [1.54, 1.807) is 36.4 Å². The number of benzene rings is 2. The minimum Gasteiger partial charge on any atom is -0.489 e. The number of anilines is 1. The van der Waals surface area contributed by atoms with Crippen molar-refractivity contribution < 1.29 is 19.1 Å². The Hall–Kier alpha value is -3.60. The summed E-state index contributed by atoms with van der Waals surface area (Å²) in [6.07, 6.45) is 3.14. The molecular formula is C26H23ClN2O4S. The highest BCUT2D eigenvalue weighted by molar-refractivity contribution is 7.16. The fourth-order valence-electron chi connectivity index (χ4n) is 3.14. The van der Waals surface area contributed by atoms with Gasteiger partial charge in [-0.3, -0.25) is 4.79 Å². The van der Waals surface area contributed by atoms with E-state index in [1.807, 2.05) is 31.2 Å². The van der Waals surface area contributed by atoms with Crippen LogP contribution in [0.15, 0.2) is 60.2 Å². The van der Waals surface area contributed by atoms with Crippen molar-refractivity contribution in [1.82, 2.24) is 0 Å². The van der Waals surface area contributed by atoms with Crippen LogP contribution in [0.4, 0.5) is 5.00 Å². The summed E-state index contributed by atoms with van der Waals surface area (Å²) < 4.78 is 10.6. The van der Waals surface area contributed by atoms with Crippen LogP contribution in [0.2, 0.25) is 5.02 Å². The molecule has 0 radical (unpaired) electrons. The highest BCUT2D eigenvalue weighted by Crippen LogP contribution is 2.30. The van der Waals surface area contributed by atoms with Gasteiger partial charge in [0.2, 0.25) is 0 Å². The molecule has 174 valence electrons. The zero-order valence-electron chi connectivity index (χ0n) is 18.8. The number of hydrogen-bond acceptors (Lipinski definition) is 6. The average Bonchev–Trinajstić information content (AvgIpc) is 3.23. The van der Waals surface area contributed by atoms with Gasteiger partial charge in [0.25, 0.3) is 5.91 Å². The zero-order chi connectivity index (χ0) is 24.5. The number of thiophene rings is 1. The zero-order valence-corrected chi connectivity index (χ0v) is 20.3. The predicted molar refractivity (Wildman–Crippen MR) is 134 cm³/mol. The summed E-state index contributed by atoms with van der Waals surface area (Å²) in [6, 6.07) is 18.1. The van der Waals surface area contributed by atoms with Crippen LogP contribution >= 0.6 is 22.9 Å². The molecule has 1 amide bonds. The summed E-state index contributed by atoms with van der Waals surface area (Å²) in [5, 5.41) is 13.3. The maximum absolute atomic E-state index is 12.8.